The number of aromatic amines is 1. The van der Waals surface area contributed by atoms with Crippen molar-refractivity contribution in [2.75, 3.05) is 31.1 Å². The zero-order chi connectivity index (χ0) is 21.5. The minimum absolute atomic E-state index is 0.0165. The van der Waals surface area contributed by atoms with E-state index in [-0.39, 0.29) is 5.91 Å². The molecule has 1 saturated heterocycles. The number of benzene rings is 1. The fourth-order valence-electron chi connectivity index (χ4n) is 4.30. The maximum Gasteiger partial charge on any atom is 0.275 e. The monoisotopic (exact) mass is 434 g/mol. The van der Waals surface area contributed by atoms with Crippen LogP contribution >= 0.6 is 11.3 Å². The van der Waals surface area contributed by atoms with Gasteiger partial charge in [0, 0.05) is 31.6 Å². The van der Waals surface area contributed by atoms with Gasteiger partial charge in [0.25, 0.3) is 5.91 Å². The molecule has 5 rings (SSSR count). The predicted octanol–water partition coefficient (Wildman–Crippen LogP) is 4.04. The highest BCUT2D eigenvalue weighted by Gasteiger charge is 2.27. The van der Waals surface area contributed by atoms with Gasteiger partial charge >= 0.3 is 0 Å². The molecule has 0 atom stereocenters. The van der Waals surface area contributed by atoms with Crippen LogP contribution < -0.4 is 4.90 Å². The number of piperazine rings is 1. The molecule has 1 aliphatic heterocycles. The van der Waals surface area contributed by atoms with E-state index in [0.29, 0.717) is 24.7 Å². The molecule has 8 heteroatoms. The Labute approximate surface area is 185 Å². The lowest BCUT2D eigenvalue weighted by Gasteiger charge is -2.35. The van der Waals surface area contributed by atoms with E-state index in [2.05, 4.69) is 39.3 Å². The maximum absolute atomic E-state index is 13.1. The van der Waals surface area contributed by atoms with Crippen LogP contribution in [0.1, 0.15) is 35.7 Å². The molecule has 1 N–H and O–H groups in total. The van der Waals surface area contributed by atoms with Gasteiger partial charge in [0.1, 0.15) is 16.5 Å². The standard InChI is InChI=1S/C23H26N6OS/c1-14(2)12-16-13-31-22-19(16)21(24-15(3)25-22)28-8-10-29(11-9-28)23(30)20-17-6-4-5-7-18(17)26-27-20/h4-7,13-14H,8-12H2,1-3H3,(H,26,27). The topological polar surface area (TPSA) is 78.0 Å². The summed E-state index contributed by atoms with van der Waals surface area (Å²) >= 11 is 1.70. The zero-order valence-corrected chi connectivity index (χ0v) is 18.9. The Bertz CT molecular complexity index is 1250. The number of nitrogens with zero attached hydrogens (tertiary/aromatic N) is 5. The van der Waals surface area contributed by atoms with E-state index < -0.39 is 0 Å². The van der Waals surface area contributed by atoms with Crippen LogP contribution in [0.5, 0.6) is 0 Å². The van der Waals surface area contributed by atoms with Gasteiger partial charge < -0.3 is 9.80 Å². The first kappa shape index (κ1) is 19.9. The van der Waals surface area contributed by atoms with E-state index in [4.69, 9.17) is 4.98 Å². The number of carbonyl (C=O) groups is 1. The lowest BCUT2D eigenvalue weighted by molar-refractivity contribution is 0.0742. The van der Waals surface area contributed by atoms with Crippen LogP contribution in [0.3, 0.4) is 0 Å². The molecule has 0 bridgehead atoms. The Balaban J connectivity index is 1.39. The van der Waals surface area contributed by atoms with Crippen LogP contribution in [-0.2, 0) is 6.42 Å². The van der Waals surface area contributed by atoms with E-state index in [1.165, 1.54) is 10.9 Å². The first-order valence-electron chi connectivity index (χ1n) is 10.7. The van der Waals surface area contributed by atoms with Crippen molar-refractivity contribution >= 4 is 44.2 Å². The number of thiophene rings is 1. The molecule has 0 aliphatic carbocycles. The van der Waals surface area contributed by atoms with Crippen molar-refractivity contribution in [2.45, 2.75) is 27.2 Å². The molecule has 31 heavy (non-hydrogen) atoms. The lowest BCUT2D eigenvalue weighted by atomic mass is 10.0. The molecule has 4 heterocycles. The highest BCUT2D eigenvalue weighted by atomic mass is 32.1. The molecular weight excluding hydrogens is 408 g/mol. The number of hydrogen-bond donors (Lipinski definition) is 1. The minimum atomic E-state index is -0.0165. The van der Waals surface area contributed by atoms with Gasteiger partial charge in [0.15, 0.2) is 5.69 Å². The Morgan fingerprint density at radius 1 is 1.16 bits per heavy atom. The third-order valence-corrected chi connectivity index (χ3v) is 6.69. The summed E-state index contributed by atoms with van der Waals surface area (Å²) in [6.45, 7) is 9.21. The second kappa shape index (κ2) is 7.92. The van der Waals surface area contributed by atoms with Crippen molar-refractivity contribution in [3.63, 3.8) is 0 Å². The molecule has 0 saturated carbocycles. The number of rotatable bonds is 4. The second-order valence-corrected chi connectivity index (χ2v) is 9.39. The van der Waals surface area contributed by atoms with Crippen LogP contribution in [0, 0.1) is 12.8 Å². The van der Waals surface area contributed by atoms with Gasteiger partial charge in [-0.25, -0.2) is 9.97 Å². The van der Waals surface area contributed by atoms with Crippen molar-refractivity contribution < 1.29 is 4.79 Å². The largest absolute Gasteiger partial charge is 0.352 e. The van der Waals surface area contributed by atoms with Crippen LogP contribution in [-0.4, -0.2) is 57.2 Å². The number of H-pyrrole nitrogens is 1. The average Bonchev–Trinajstić information content (AvgIpc) is 3.37. The van der Waals surface area contributed by atoms with Gasteiger partial charge in [-0.3, -0.25) is 9.89 Å². The average molecular weight is 435 g/mol. The summed E-state index contributed by atoms with van der Waals surface area (Å²) in [6.07, 6.45) is 1.02. The minimum Gasteiger partial charge on any atom is -0.352 e. The molecule has 1 aromatic carbocycles. The summed E-state index contributed by atoms with van der Waals surface area (Å²) < 4.78 is 0. The summed E-state index contributed by atoms with van der Waals surface area (Å²) in [5.41, 5.74) is 2.71. The Hall–Kier alpha value is -3.00. The lowest BCUT2D eigenvalue weighted by Crippen LogP contribution is -2.49. The maximum atomic E-state index is 13.1. The van der Waals surface area contributed by atoms with Crippen LogP contribution in [0.25, 0.3) is 21.1 Å². The summed E-state index contributed by atoms with van der Waals surface area (Å²) in [5, 5.41) is 11.5. The SMILES string of the molecule is Cc1nc(N2CCN(C(=O)c3n[nH]c4ccccc34)CC2)c2c(CC(C)C)csc2n1. The first-order valence-corrected chi connectivity index (χ1v) is 11.6. The third-order valence-electron chi connectivity index (χ3n) is 5.77. The molecule has 1 amide bonds. The fourth-order valence-corrected chi connectivity index (χ4v) is 5.29. The summed E-state index contributed by atoms with van der Waals surface area (Å²) in [6, 6.07) is 7.76. The molecule has 3 aromatic heterocycles. The van der Waals surface area contributed by atoms with Crippen molar-refractivity contribution in [1.82, 2.24) is 25.1 Å². The molecule has 160 valence electrons. The Kier molecular flexibility index (Phi) is 5.09. The smallest absolute Gasteiger partial charge is 0.275 e. The third kappa shape index (κ3) is 3.65. The van der Waals surface area contributed by atoms with E-state index in [0.717, 1.165) is 46.9 Å². The highest BCUT2D eigenvalue weighted by molar-refractivity contribution is 7.17. The predicted molar refractivity (Wildman–Crippen MR) is 125 cm³/mol. The number of hydrogen-bond acceptors (Lipinski definition) is 6. The van der Waals surface area contributed by atoms with Crippen molar-refractivity contribution in [1.29, 1.82) is 0 Å². The van der Waals surface area contributed by atoms with Gasteiger partial charge in [-0.2, -0.15) is 5.10 Å². The number of carbonyl (C=O) groups excluding carboxylic acids is 1. The number of para-hydroxylation sites is 1. The van der Waals surface area contributed by atoms with Crippen molar-refractivity contribution in [3.8, 4) is 0 Å². The molecular formula is C23H26N6OS. The van der Waals surface area contributed by atoms with Crippen LogP contribution in [0.4, 0.5) is 5.82 Å². The molecule has 0 radical (unpaired) electrons. The number of anilines is 1. The number of amides is 1. The molecule has 0 unspecified atom stereocenters. The number of aryl methyl sites for hydroxylation is 1. The molecule has 0 spiro atoms. The number of aromatic nitrogens is 4. The van der Waals surface area contributed by atoms with Crippen molar-refractivity contribution in [3.05, 3.63) is 46.7 Å². The van der Waals surface area contributed by atoms with Crippen molar-refractivity contribution in [2.24, 2.45) is 5.92 Å². The van der Waals surface area contributed by atoms with E-state index >= 15 is 0 Å². The van der Waals surface area contributed by atoms with Crippen LogP contribution in [0.2, 0.25) is 0 Å². The normalized spacial score (nSPS) is 14.8. The van der Waals surface area contributed by atoms with Gasteiger partial charge in [-0.15, -0.1) is 11.3 Å². The quantitative estimate of drug-likeness (QED) is 0.525. The van der Waals surface area contributed by atoms with E-state index in [1.807, 2.05) is 36.1 Å². The summed E-state index contributed by atoms with van der Waals surface area (Å²) in [7, 11) is 0. The highest BCUT2D eigenvalue weighted by Crippen LogP contribution is 2.34. The number of fused-ring (bicyclic) bond motifs is 2. The zero-order valence-electron chi connectivity index (χ0n) is 18.1. The fraction of sp³-hybridized carbons (Fsp3) is 0.391. The number of nitrogens with one attached hydrogen (secondary N) is 1. The van der Waals surface area contributed by atoms with E-state index in [9.17, 15) is 4.79 Å². The Morgan fingerprint density at radius 3 is 2.71 bits per heavy atom. The Morgan fingerprint density at radius 2 is 1.94 bits per heavy atom. The summed E-state index contributed by atoms with van der Waals surface area (Å²) in [4.78, 5) is 27.9. The molecule has 4 aromatic rings. The molecule has 7 nitrogen and oxygen atoms in total. The molecule has 1 aliphatic rings. The van der Waals surface area contributed by atoms with E-state index in [1.54, 1.807) is 11.3 Å². The second-order valence-electron chi connectivity index (χ2n) is 8.53. The first-order chi connectivity index (χ1) is 15.0. The van der Waals surface area contributed by atoms with Crippen LogP contribution in [0.15, 0.2) is 29.6 Å². The van der Waals surface area contributed by atoms with Gasteiger partial charge in [-0.1, -0.05) is 32.0 Å². The van der Waals surface area contributed by atoms with Gasteiger partial charge in [-0.05, 0) is 36.3 Å². The van der Waals surface area contributed by atoms with Gasteiger partial charge in [0.2, 0.25) is 0 Å². The summed E-state index contributed by atoms with van der Waals surface area (Å²) in [5.74, 6) is 2.36. The van der Waals surface area contributed by atoms with Gasteiger partial charge in [0.05, 0.1) is 10.9 Å². The molecule has 1 fully saturated rings.